The van der Waals surface area contributed by atoms with Crippen LogP contribution in [0.15, 0.2) is 72.5 Å². The van der Waals surface area contributed by atoms with E-state index in [1.165, 1.54) is 33.9 Å². The zero-order valence-electron chi connectivity index (χ0n) is 20.4. The fourth-order valence-corrected chi connectivity index (χ4v) is 5.68. The number of nitrogens with zero attached hydrogens (tertiary/aromatic N) is 2. The summed E-state index contributed by atoms with van der Waals surface area (Å²) in [4.78, 5) is 2.38. The number of halogens is 2. The molecule has 0 fully saturated rings. The molecule has 0 aliphatic carbocycles. The van der Waals surface area contributed by atoms with E-state index in [9.17, 15) is 0 Å². The average Bonchev–Trinajstić information content (AvgIpc) is 3.11. The lowest BCUT2D eigenvalue weighted by Gasteiger charge is -2.25. The Morgan fingerprint density at radius 2 is 1.52 bits per heavy atom. The number of likely N-dealkylation sites (N-methyl/N-ethyl adjacent to an activating group) is 1. The number of allylic oxidation sites excluding steroid dienone is 6. The zero-order valence-corrected chi connectivity index (χ0v) is 21.9. The van der Waals surface area contributed by atoms with Crippen molar-refractivity contribution in [2.24, 2.45) is 0 Å². The van der Waals surface area contributed by atoms with E-state index in [2.05, 4.69) is 106 Å². The number of anilines is 1. The van der Waals surface area contributed by atoms with Crippen LogP contribution in [-0.4, -0.2) is 23.4 Å². The average molecular weight is 481 g/mol. The zero-order chi connectivity index (χ0) is 24.0. The number of rotatable bonds is 5. The molecule has 0 spiro atoms. The van der Waals surface area contributed by atoms with Gasteiger partial charge >= 0.3 is 0 Å². The van der Waals surface area contributed by atoms with Crippen LogP contribution in [0.4, 0.5) is 11.4 Å². The fraction of sp³-hybridized carbons (Fsp3) is 0.345. The Balaban J connectivity index is 1.62. The molecule has 2 nitrogen and oxygen atoms in total. The van der Waals surface area contributed by atoms with E-state index < -0.39 is 0 Å². The molecule has 0 amide bonds. The predicted molar refractivity (Wildman–Crippen MR) is 144 cm³/mol. The van der Waals surface area contributed by atoms with Gasteiger partial charge < -0.3 is 4.90 Å². The van der Waals surface area contributed by atoms with Crippen LogP contribution in [0.3, 0.4) is 0 Å². The molecule has 2 aliphatic rings. The van der Waals surface area contributed by atoms with Crippen molar-refractivity contribution in [1.29, 1.82) is 0 Å². The van der Waals surface area contributed by atoms with Gasteiger partial charge in [-0.25, -0.2) is 0 Å². The van der Waals surface area contributed by atoms with Crippen LogP contribution in [0.5, 0.6) is 0 Å². The van der Waals surface area contributed by atoms with Crippen LogP contribution < -0.4 is 4.90 Å². The van der Waals surface area contributed by atoms with Gasteiger partial charge in [-0.15, -0.1) is 0 Å². The molecule has 0 aromatic heterocycles. The molecule has 172 valence electrons. The standard InChI is InChI=1S/C29H33Cl2N2/c1-7-32-24-16-14-20(30)18-22(24)28(3,4)26(32)12-10-9-11-13-27-29(5,6)23-19-21(31)15-17-25(23)33(27)8-2/h9-19H,7-8H2,1-6H3/q+1. The first kappa shape index (κ1) is 23.9. The second kappa shape index (κ2) is 8.81. The summed E-state index contributed by atoms with van der Waals surface area (Å²) in [6.07, 6.45) is 10.9. The molecule has 0 atom stereocenters. The Bertz CT molecular complexity index is 1210. The molecule has 0 N–H and O–H groups in total. The molecular formula is C29H33Cl2N2+. The quantitative estimate of drug-likeness (QED) is 0.309. The van der Waals surface area contributed by atoms with Crippen molar-refractivity contribution in [2.45, 2.75) is 52.4 Å². The minimum atomic E-state index is -0.0909. The molecule has 0 saturated carbocycles. The van der Waals surface area contributed by atoms with Gasteiger partial charge in [-0.3, -0.25) is 0 Å². The van der Waals surface area contributed by atoms with Gasteiger partial charge in [-0.05, 0) is 69.7 Å². The topological polar surface area (TPSA) is 6.25 Å². The number of fused-ring (bicyclic) bond motifs is 2. The number of hydrogen-bond acceptors (Lipinski definition) is 1. The Hall–Kier alpha value is -2.29. The largest absolute Gasteiger partial charge is 0.344 e. The Morgan fingerprint density at radius 1 is 0.848 bits per heavy atom. The highest BCUT2D eigenvalue weighted by Gasteiger charge is 2.44. The molecule has 0 radical (unpaired) electrons. The van der Waals surface area contributed by atoms with Crippen LogP contribution in [0.1, 0.15) is 52.7 Å². The summed E-state index contributed by atoms with van der Waals surface area (Å²) in [5.74, 6) is 0. The fourth-order valence-electron chi connectivity index (χ4n) is 5.33. The second-order valence-electron chi connectivity index (χ2n) is 9.74. The Kier molecular flexibility index (Phi) is 6.37. The SMILES string of the molecule is CCN1\C(=C/C=C/C=C/C2=[N+](CC)c3ccc(Cl)cc3C2(C)C)C(C)(C)c2cc(Cl)ccc21. The van der Waals surface area contributed by atoms with Gasteiger partial charge in [0.15, 0.2) is 5.71 Å². The number of benzene rings is 2. The van der Waals surface area contributed by atoms with Crippen molar-refractivity contribution in [2.75, 3.05) is 18.0 Å². The van der Waals surface area contributed by atoms with E-state index >= 15 is 0 Å². The van der Waals surface area contributed by atoms with Crippen LogP contribution in [0.2, 0.25) is 10.0 Å². The second-order valence-corrected chi connectivity index (χ2v) is 10.6. The van der Waals surface area contributed by atoms with Crippen molar-refractivity contribution in [3.63, 3.8) is 0 Å². The highest BCUT2D eigenvalue weighted by Crippen LogP contribution is 2.48. The van der Waals surface area contributed by atoms with Crippen molar-refractivity contribution in [3.05, 3.63) is 93.6 Å². The first-order valence-corrected chi connectivity index (χ1v) is 12.5. The van der Waals surface area contributed by atoms with Crippen molar-refractivity contribution >= 4 is 40.3 Å². The van der Waals surface area contributed by atoms with Crippen molar-refractivity contribution in [1.82, 2.24) is 0 Å². The molecule has 2 heterocycles. The molecule has 2 aromatic rings. The lowest BCUT2D eigenvalue weighted by atomic mass is 9.81. The first-order valence-electron chi connectivity index (χ1n) is 11.7. The first-order chi connectivity index (χ1) is 15.6. The minimum Gasteiger partial charge on any atom is -0.344 e. The van der Waals surface area contributed by atoms with E-state index in [0.29, 0.717) is 0 Å². The summed E-state index contributed by atoms with van der Waals surface area (Å²) in [5, 5.41) is 1.58. The van der Waals surface area contributed by atoms with E-state index in [0.717, 1.165) is 23.1 Å². The molecule has 2 aliphatic heterocycles. The molecule has 0 unspecified atom stereocenters. The smallest absolute Gasteiger partial charge is 0.209 e. The summed E-state index contributed by atoms with van der Waals surface area (Å²) in [6, 6.07) is 12.4. The van der Waals surface area contributed by atoms with Crippen LogP contribution in [0.25, 0.3) is 0 Å². The maximum absolute atomic E-state index is 6.31. The molecule has 0 bridgehead atoms. The molecule has 4 heteroatoms. The predicted octanol–water partition coefficient (Wildman–Crippen LogP) is 8.20. The Labute approximate surface area is 208 Å². The van der Waals surface area contributed by atoms with E-state index in [1.54, 1.807) is 0 Å². The van der Waals surface area contributed by atoms with Gasteiger partial charge in [0.2, 0.25) is 5.69 Å². The van der Waals surface area contributed by atoms with Crippen molar-refractivity contribution in [3.8, 4) is 0 Å². The summed E-state index contributed by atoms with van der Waals surface area (Å²) in [7, 11) is 0. The minimum absolute atomic E-state index is 0.0909. The molecule has 2 aromatic carbocycles. The van der Waals surface area contributed by atoms with E-state index in [1.807, 2.05) is 12.1 Å². The molecule has 0 saturated heterocycles. The van der Waals surface area contributed by atoms with Gasteiger partial charge in [0.25, 0.3) is 0 Å². The van der Waals surface area contributed by atoms with Crippen LogP contribution in [-0.2, 0) is 10.8 Å². The highest BCUT2D eigenvalue weighted by molar-refractivity contribution is 6.31. The monoisotopic (exact) mass is 479 g/mol. The molecule has 33 heavy (non-hydrogen) atoms. The maximum atomic E-state index is 6.31. The third-order valence-corrected chi connectivity index (χ3v) is 7.54. The van der Waals surface area contributed by atoms with E-state index in [-0.39, 0.29) is 10.8 Å². The summed E-state index contributed by atoms with van der Waals surface area (Å²) >= 11 is 12.6. The third-order valence-electron chi connectivity index (χ3n) is 7.07. The van der Waals surface area contributed by atoms with Gasteiger partial charge in [0.1, 0.15) is 6.54 Å². The molecule has 4 rings (SSSR count). The van der Waals surface area contributed by atoms with Crippen LogP contribution >= 0.6 is 23.2 Å². The van der Waals surface area contributed by atoms with Gasteiger partial charge in [-0.2, -0.15) is 4.58 Å². The highest BCUT2D eigenvalue weighted by atomic mass is 35.5. The summed E-state index contributed by atoms with van der Waals surface area (Å²) < 4.78 is 2.38. The van der Waals surface area contributed by atoms with Gasteiger partial charge in [0.05, 0.1) is 5.41 Å². The maximum Gasteiger partial charge on any atom is 0.209 e. The summed E-state index contributed by atoms with van der Waals surface area (Å²) in [6.45, 7) is 15.3. The molecular weight excluding hydrogens is 447 g/mol. The lowest BCUT2D eigenvalue weighted by Crippen LogP contribution is -2.27. The van der Waals surface area contributed by atoms with E-state index in [4.69, 9.17) is 23.2 Å². The normalized spacial score (nSPS) is 19.9. The number of hydrogen-bond donors (Lipinski definition) is 0. The Morgan fingerprint density at radius 3 is 2.18 bits per heavy atom. The van der Waals surface area contributed by atoms with Crippen LogP contribution in [0, 0.1) is 0 Å². The lowest BCUT2D eigenvalue weighted by molar-refractivity contribution is -0.433. The van der Waals surface area contributed by atoms with Gasteiger partial charge in [0, 0.05) is 51.1 Å². The summed E-state index contributed by atoms with van der Waals surface area (Å²) in [5.41, 5.74) is 7.46. The van der Waals surface area contributed by atoms with Gasteiger partial charge in [-0.1, -0.05) is 55.3 Å². The third kappa shape index (κ3) is 3.98. The van der Waals surface area contributed by atoms with Crippen molar-refractivity contribution < 1.29 is 4.58 Å².